The number of nitrogens with zero attached hydrogens (tertiary/aromatic N) is 2. The second kappa shape index (κ2) is 7.53. The molecule has 1 amide bonds. The van der Waals surface area contributed by atoms with E-state index < -0.39 is 0 Å². The number of anilines is 1. The lowest BCUT2D eigenvalue weighted by molar-refractivity contribution is -0.118. The van der Waals surface area contributed by atoms with Gasteiger partial charge in [0.1, 0.15) is 5.82 Å². The lowest BCUT2D eigenvalue weighted by atomic mass is 10.1. The average molecular weight is 363 g/mol. The predicted octanol–water partition coefficient (Wildman–Crippen LogP) is 3.52. The van der Waals surface area contributed by atoms with E-state index in [1.165, 1.54) is 0 Å². The van der Waals surface area contributed by atoms with E-state index in [1.807, 2.05) is 42.6 Å². The highest BCUT2D eigenvalue weighted by Gasteiger charge is 2.16. The number of carbonyl (C=O) groups is 1. The molecule has 1 aliphatic rings. The Bertz CT molecular complexity index is 948. The highest BCUT2D eigenvalue weighted by molar-refractivity contribution is 5.92. The summed E-state index contributed by atoms with van der Waals surface area (Å²) in [6.07, 6.45) is 4.11. The minimum atomic E-state index is -0.223. The first kappa shape index (κ1) is 17.1. The van der Waals surface area contributed by atoms with Crippen molar-refractivity contribution in [2.75, 3.05) is 19.0 Å². The second-order valence-corrected chi connectivity index (χ2v) is 6.38. The van der Waals surface area contributed by atoms with Crippen LogP contribution in [0, 0.1) is 0 Å². The summed E-state index contributed by atoms with van der Waals surface area (Å²) >= 11 is 0. The van der Waals surface area contributed by atoms with Crippen LogP contribution in [0.2, 0.25) is 0 Å². The summed E-state index contributed by atoms with van der Waals surface area (Å²) in [5.74, 6) is 2.07. The van der Waals surface area contributed by atoms with Crippen LogP contribution in [0.4, 0.5) is 5.69 Å². The van der Waals surface area contributed by atoms with Crippen molar-refractivity contribution >= 4 is 11.6 Å². The van der Waals surface area contributed by atoms with E-state index in [2.05, 4.69) is 14.9 Å². The number of ether oxygens (including phenoxy) is 2. The van der Waals surface area contributed by atoms with E-state index in [1.54, 1.807) is 19.2 Å². The number of nitrogens with one attached hydrogen (secondary N) is 1. The van der Waals surface area contributed by atoms with Gasteiger partial charge in [0.2, 0.25) is 0 Å². The first-order valence-electron chi connectivity index (χ1n) is 8.95. The van der Waals surface area contributed by atoms with E-state index in [4.69, 9.17) is 9.47 Å². The summed E-state index contributed by atoms with van der Waals surface area (Å²) in [5, 5.41) is 2.85. The summed E-state index contributed by atoms with van der Waals surface area (Å²) < 4.78 is 13.0. The van der Waals surface area contributed by atoms with Crippen LogP contribution in [0.5, 0.6) is 11.5 Å². The minimum Gasteiger partial charge on any atom is -0.493 e. The third kappa shape index (κ3) is 3.65. The molecule has 2 aromatic carbocycles. The molecule has 0 fully saturated rings. The summed E-state index contributed by atoms with van der Waals surface area (Å²) in [5.41, 5.74) is 2.95. The van der Waals surface area contributed by atoms with Crippen LogP contribution in [0.3, 0.4) is 0 Å². The fraction of sp³-hybridized carbons (Fsp3) is 0.238. The Labute approximate surface area is 157 Å². The highest BCUT2D eigenvalue weighted by atomic mass is 16.5. The van der Waals surface area contributed by atoms with Crippen molar-refractivity contribution in [3.8, 4) is 22.8 Å². The molecule has 0 saturated carbocycles. The van der Waals surface area contributed by atoms with Crippen LogP contribution in [0.1, 0.15) is 12.2 Å². The Morgan fingerprint density at radius 1 is 1.15 bits per heavy atom. The molecule has 138 valence electrons. The fourth-order valence-electron chi connectivity index (χ4n) is 3.29. The molecule has 1 N–H and O–H groups in total. The third-order valence-corrected chi connectivity index (χ3v) is 4.61. The first-order valence-corrected chi connectivity index (χ1v) is 8.95. The number of fused-ring (bicyclic) bond motifs is 1. The summed E-state index contributed by atoms with van der Waals surface area (Å²) in [6, 6.07) is 15.0. The summed E-state index contributed by atoms with van der Waals surface area (Å²) in [7, 11) is 1.57. The van der Waals surface area contributed by atoms with Crippen LogP contribution >= 0.6 is 0 Å². The number of hydrogen-bond donors (Lipinski definition) is 1. The Balaban J connectivity index is 1.37. The number of aryl methyl sites for hydroxylation is 1. The number of para-hydroxylation sites is 2. The zero-order valence-electron chi connectivity index (χ0n) is 15.1. The molecule has 3 aromatic rings. The zero-order valence-corrected chi connectivity index (χ0v) is 15.1. The smallest absolute Gasteiger partial charge is 0.262 e. The molecule has 0 radical (unpaired) electrons. The zero-order chi connectivity index (χ0) is 18.6. The van der Waals surface area contributed by atoms with Gasteiger partial charge in [-0.1, -0.05) is 24.3 Å². The van der Waals surface area contributed by atoms with E-state index in [0.717, 1.165) is 42.2 Å². The van der Waals surface area contributed by atoms with Crippen LogP contribution < -0.4 is 14.8 Å². The second-order valence-electron chi connectivity index (χ2n) is 6.38. The van der Waals surface area contributed by atoms with Crippen molar-refractivity contribution in [1.82, 2.24) is 9.55 Å². The molecule has 6 nitrogen and oxygen atoms in total. The van der Waals surface area contributed by atoms with Crippen LogP contribution in [0.15, 0.2) is 54.7 Å². The van der Waals surface area contributed by atoms with E-state index in [-0.39, 0.29) is 12.5 Å². The monoisotopic (exact) mass is 363 g/mol. The van der Waals surface area contributed by atoms with Gasteiger partial charge >= 0.3 is 0 Å². The number of amides is 1. The molecule has 0 saturated heterocycles. The number of carbonyl (C=O) groups excluding carboxylic acids is 1. The molecule has 4 rings (SSSR count). The molecule has 2 heterocycles. The van der Waals surface area contributed by atoms with Crippen molar-refractivity contribution in [3.05, 3.63) is 60.6 Å². The van der Waals surface area contributed by atoms with E-state index >= 15 is 0 Å². The number of aromatic nitrogens is 2. The minimum absolute atomic E-state index is 0.0851. The van der Waals surface area contributed by atoms with E-state index in [0.29, 0.717) is 11.5 Å². The number of methoxy groups -OCH3 is 1. The maximum absolute atomic E-state index is 12.2. The standard InChI is InChI=1S/C21H21N3O3/c1-26-18-5-2-3-6-19(18)27-14-21(25)23-16-10-8-15(9-11-16)17-13-22-20-7-4-12-24(17)20/h2-3,5-6,8-11,13H,4,7,12,14H2,1H3,(H,23,25). The Morgan fingerprint density at radius 2 is 1.93 bits per heavy atom. The molecule has 0 bridgehead atoms. The number of imidazole rings is 1. The van der Waals surface area contributed by atoms with E-state index in [9.17, 15) is 4.79 Å². The molecule has 0 spiro atoms. The van der Waals surface area contributed by atoms with Crippen molar-refractivity contribution < 1.29 is 14.3 Å². The topological polar surface area (TPSA) is 65.4 Å². The first-order chi connectivity index (χ1) is 13.2. The Morgan fingerprint density at radius 3 is 2.70 bits per heavy atom. The fourth-order valence-corrected chi connectivity index (χ4v) is 3.29. The van der Waals surface area contributed by atoms with Crippen molar-refractivity contribution in [2.45, 2.75) is 19.4 Å². The van der Waals surface area contributed by atoms with Gasteiger partial charge in [0, 0.05) is 18.7 Å². The van der Waals surface area contributed by atoms with Gasteiger partial charge in [-0.05, 0) is 36.2 Å². The molecule has 6 heteroatoms. The largest absolute Gasteiger partial charge is 0.493 e. The lowest BCUT2D eigenvalue weighted by Crippen LogP contribution is -2.20. The highest BCUT2D eigenvalue weighted by Crippen LogP contribution is 2.27. The number of rotatable bonds is 6. The van der Waals surface area contributed by atoms with Crippen LogP contribution in [0.25, 0.3) is 11.3 Å². The average Bonchev–Trinajstić information content (AvgIpc) is 3.31. The van der Waals surface area contributed by atoms with Gasteiger partial charge in [-0.2, -0.15) is 0 Å². The van der Waals surface area contributed by atoms with Gasteiger partial charge < -0.3 is 19.4 Å². The molecule has 0 atom stereocenters. The van der Waals surface area contributed by atoms with Crippen LogP contribution in [-0.2, 0) is 17.8 Å². The summed E-state index contributed by atoms with van der Waals surface area (Å²) in [4.78, 5) is 16.6. The molecular formula is C21H21N3O3. The van der Waals surface area contributed by atoms with Gasteiger partial charge in [0.15, 0.2) is 18.1 Å². The van der Waals surface area contributed by atoms with Gasteiger partial charge in [-0.25, -0.2) is 4.98 Å². The molecular weight excluding hydrogens is 342 g/mol. The molecule has 1 aliphatic heterocycles. The molecule has 27 heavy (non-hydrogen) atoms. The van der Waals surface area contributed by atoms with Crippen LogP contribution in [-0.4, -0.2) is 29.2 Å². The summed E-state index contributed by atoms with van der Waals surface area (Å²) in [6.45, 7) is 0.932. The van der Waals surface area contributed by atoms with Gasteiger partial charge in [0.05, 0.1) is 19.0 Å². The van der Waals surface area contributed by atoms with Gasteiger partial charge in [0.25, 0.3) is 5.91 Å². The molecule has 1 aromatic heterocycles. The lowest BCUT2D eigenvalue weighted by Gasteiger charge is -2.11. The molecule has 0 aliphatic carbocycles. The molecule has 0 unspecified atom stereocenters. The maximum Gasteiger partial charge on any atom is 0.262 e. The normalized spacial score (nSPS) is 12.5. The van der Waals surface area contributed by atoms with Gasteiger partial charge in [-0.3, -0.25) is 4.79 Å². The quantitative estimate of drug-likeness (QED) is 0.728. The predicted molar refractivity (Wildman–Crippen MR) is 103 cm³/mol. The number of hydrogen-bond acceptors (Lipinski definition) is 4. The number of benzene rings is 2. The Hall–Kier alpha value is -3.28. The van der Waals surface area contributed by atoms with Crippen molar-refractivity contribution in [1.29, 1.82) is 0 Å². The SMILES string of the molecule is COc1ccccc1OCC(=O)Nc1ccc(-c2cnc3n2CCC3)cc1. The van der Waals surface area contributed by atoms with Crippen molar-refractivity contribution in [3.63, 3.8) is 0 Å². The van der Waals surface area contributed by atoms with Crippen molar-refractivity contribution in [2.24, 2.45) is 0 Å². The third-order valence-electron chi connectivity index (χ3n) is 4.61. The maximum atomic E-state index is 12.2. The Kier molecular flexibility index (Phi) is 4.78. The van der Waals surface area contributed by atoms with Gasteiger partial charge in [-0.15, -0.1) is 0 Å².